The van der Waals surface area contributed by atoms with Gasteiger partial charge >= 0.3 is 0 Å². The highest BCUT2D eigenvalue weighted by atomic mass is 16.5. The molecule has 1 atom stereocenters. The predicted molar refractivity (Wildman–Crippen MR) is 82.8 cm³/mol. The van der Waals surface area contributed by atoms with Crippen LogP contribution in [-0.4, -0.2) is 49.7 Å². The molecule has 1 aromatic carbocycles. The van der Waals surface area contributed by atoms with Crippen LogP contribution in [-0.2, 0) is 0 Å². The zero-order valence-electron chi connectivity index (χ0n) is 13.1. The molecule has 1 aromatic rings. The molecule has 3 N–H and O–H groups in total. The zero-order chi connectivity index (χ0) is 15.7. The maximum Gasteiger partial charge on any atom is 0.119 e. The van der Waals surface area contributed by atoms with Gasteiger partial charge in [-0.05, 0) is 36.1 Å². The Morgan fingerprint density at radius 3 is 2.38 bits per heavy atom. The van der Waals surface area contributed by atoms with Crippen LogP contribution in [0.2, 0.25) is 0 Å². The Morgan fingerprint density at radius 1 is 1.19 bits per heavy atom. The first-order valence-electron chi connectivity index (χ1n) is 7.23. The molecule has 120 valence electrons. The van der Waals surface area contributed by atoms with Crippen molar-refractivity contribution in [3.05, 3.63) is 24.3 Å². The number of rotatable bonds is 10. The van der Waals surface area contributed by atoms with Crippen molar-refractivity contribution < 1.29 is 19.7 Å². The van der Waals surface area contributed by atoms with Gasteiger partial charge in [0.2, 0.25) is 0 Å². The Balaban J connectivity index is 2.22. The number of aliphatic hydroxyl groups is 2. The zero-order valence-corrected chi connectivity index (χ0v) is 13.1. The van der Waals surface area contributed by atoms with Gasteiger partial charge in [-0.1, -0.05) is 13.8 Å². The molecular weight excluding hydrogens is 270 g/mol. The topological polar surface area (TPSA) is 71.0 Å². The summed E-state index contributed by atoms with van der Waals surface area (Å²) in [7, 11) is 1.61. The first-order valence-corrected chi connectivity index (χ1v) is 7.23. The van der Waals surface area contributed by atoms with Gasteiger partial charge in [-0.25, -0.2) is 0 Å². The average molecular weight is 297 g/mol. The van der Waals surface area contributed by atoms with E-state index in [1.54, 1.807) is 7.11 Å². The van der Waals surface area contributed by atoms with E-state index in [1.807, 2.05) is 24.3 Å². The van der Waals surface area contributed by atoms with E-state index in [0.29, 0.717) is 12.3 Å². The molecule has 5 nitrogen and oxygen atoms in total. The lowest BCUT2D eigenvalue weighted by atomic mass is 9.90. The van der Waals surface area contributed by atoms with E-state index >= 15 is 0 Å². The second-order valence-corrected chi connectivity index (χ2v) is 5.91. The molecule has 5 heteroatoms. The fourth-order valence-corrected chi connectivity index (χ4v) is 1.89. The number of nitrogens with one attached hydrogen (secondary N) is 1. The molecule has 0 spiro atoms. The van der Waals surface area contributed by atoms with Gasteiger partial charge in [0.15, 0.2) is 0 Å². The maximum atomic E-state index is 9.88. The van der Waals surface area contributed by atoms with Crippen molar-refractivity contribution >= 4 is 0 Å². The highest BCUT2D eigenvalue weighted by molar-refractivity contribution is 5.31. The van der Waals surface area contributed by atoms with Gasteiger partial charge in [-0.2, -0.15) is 0 Å². The summed E-state index contributed by atoms with van der Waals surface area (Å²) in [6.45, 7) is 5.78. The summed E-state index contributed by atoms with van der Waals surface area (Å²) in [5, 5.41) is 22.0. The molecule has 0 aliphatic rings. The van der Waals surface area contributed by atoms with Crippen LogP contribution in [0.15, 0.2) is 24.3 Å². The van der Waals surface area contributed by atoms with Crippen molar-refractivity contribution in [3.63, 3.8) is 0 Å². The number of aliphatic hydroxyl groups excluding tert-OH is 2. The van der Waals surface area contributed by atoms with Gasteiger partial charge in [0.25, 0.3) is 0 Å². The molecule has 0 aliphatic heterocycles. The van der Waals surface area contributed by atoms with Crippen LogP contribution in [0.1, 0.15) is 20.3 Å². The molecule has 1 rings (SSSR count). The summed E-state index contributed by atoms with van der Waals surface area (Å²) in [6, 6.07) is 7.25. The number of hydrogen-bond donors (Lipinski definition) is 3. The summed E-state index contributed by atoms with van der Waals surface area (Å²) in [5.41, 5.74) is 0.0192. The summed E-state index contributed by atoms with van der Waals surface area (Å²) in [4.78, 5) is 0. The molecule has 0 aromatic heterocycles. The first-order chi connectivity index (χ1) is 9.96. The van der Waals surface area contributed by atoms with Crippen LogP contribution in [0.3, 0.4) is 0 Å². The predicted octanol–water partition coefficient (Wildman–Crippen LogP) is 1.43. The molecule has 0 heterocycles. The lowest BCUT2D eigenvalue weighted by molar-refractivity contribution is 0.102. The van der Waals surface area contributed by atoms with Crippen LogP contribution in [0.4, 0.5) is 0 Å². The third-order valence-corrected chi connectivity index (χ3v) is 3.27. The van der Waals surface area contributed by atoms with Crippen molar-refractivity contribution in [2.45, 2.75) is 26.4 Å². The Labute approximate surface area is 126 Å². The van der Waals surface area contributed by atoms with E-state index in [4.69, 9.17) is 14.6 Å². The van der Waals surface area contributed by atoms with Crippen LogP contribution < -0.4 is 14.8 Å². The lowest BCUT2D eigenvalue weighted by Crippen LogP contribution is -2.37. The maximum absolute atomic E-state index is 9.88. The normalized spacial score (nSPS) is 13.0. The van der Waals surface area contributed by atoms with Crippen molar-refractivity contribution in [1.29, 1.82) is 0 Å². The number of ether oxygens (including phenoxy) is 2. The average Bonchev–Trinajstić information content (AvgIpc) is 2.45. The van der Waals surface area contributed by atoms with E-state index in [0.717, 1.165) is 18.7 Å². The van der Waals surface area contributed by atoms with E-state index < -0.39 is 6.10 Å². The molecule has 0 amide bonds. The summed E-state index contributed by atoms with van der Waals surface area (Å²) in [5.74, 6) is 1.48. The molecule has 0 saturated carbocycles. The van der Waals surface area contributed by atoms with Gasteiger partial charge in [0.05, 0.1) is 7.11 Å². The monoisotopic (exact) mass is 297 g/mol. The second kappa shape index (κ2) is 8.87. The SMILES string of the molecule is COc1ccc(OCC(O)CNCC(C)(C)CCO)cc1. The third-order valence-electron chi connectivity index (χ3n) is 3.27. The smallest absolute Gasteiger partial charge is 0.119 e. The first kappa shape index (κ1) is 17.8. The molecule has 1 unspecified atom stereocenters. The largest absolute Gasteiger partial charge is 0.497 e. The lowest BCUT2D eigenvalue weighted by Gasteiger charge is -2.24. The van der Waals surface area contributed by atoms with Gasteiger partial charge < -0.3 is 25.0 Å². The third kappa shape index (κ3) is 7.32. The van der Waals surface area contributed by atoms with Crippen LogP contribution in [0.5, 0.6) is 11.5 Å². The van der Waals surface area contributed by atoms with Crippen LogP contribution in [0.25, 0.3) is 0 Å². The minimum atomic E-state index is -0.572. The summed E-state index contributed by atoms with van der Waals surface area (Å²) >= 11 is 0. The quantitative estimate of drug-likeness (QED) is 0.609. The van der Waals surface area contributed by atoms with Crippen LogP contribution >= 0.6 is 0 Å². The number of methoxy groups -OCH3 is 1. The van der Waals surface area contributed by atoms with Crippen molar-refractivity contribution in [1.82, 2.24) is 5.32 Å². The summed E-state index contributed by atoms with van der Waals surface area (Å²) in [6.07, 6.45) is 0.162. The Bertz CT molecular complexity index is 392. The summed E-state index contributed by atoms with van der Waals surface area (Å²) < 4.78 is 10.6. The fourth-order valence-electron chi connectivity index (χ4n) is 1.89. The fraction of sp³-hybridized carbons (Fsp3) is 0.625. The van der Waals surface area contributed by atoms with Gasteiger partial charge in [0.1, 0.15) is 24.2 Å². The second-order valence-electron chi connectivity index (χ2n) is 5.91. The van der Waals surface area contributed by atoms with E-state index in [9.17, 15) is 5.11 Å². The van der Waals surface area contributed by atoms with E-state index in [1.165, 1.54) is 0 Å². The van der Waals surface area contributed by atoms with E-state index in [-0.39, 0.29) is 18.6 Å². The molecular formula is C16H27NO4. The molecule has 0 saturated heterocycles. The minimum Gasteiger partial charge on any atom is -0.497 e. The Kier molecular flexibility index (Phi) is 7.50. The van der Waals surface area contributed by atoms with Crippen LogP contribution in [0, 0.1) is 5.41 Å². The van der Waals surface area contributed by atoms with Crippen molar-refractivity contribution in [2.75, 3.05) is 33.4 Å². The molecule has 0 fully saturated rings. The van der Waals surface area contributed by atoms with E-state index in [2.05, 4.69) is 19.2 Å². The highest BCUT2D eigenvalue weighted by Crippen LogP contribution is 2.18. The van der Waals surface area contributed by atoms with Gasteiger partial charge in [-0.15, -0.1) is 0 Å². The highest BCUT2D eigenvalue weighted by Gasteiger charge is 2.17. The van der Waals surface area contributed by atoms with Gasteiger partial charge in [0, 0.05) is 19.7 Å². The molecule has 0 bridgehead atoms. The molecule has 0 radical (unpaired) electrons. The standard InChI is InChI=1S/C16H27NO4/c1-16(2,8-9-18)12-17-10-13(19)11-21-15-6-4-14(20-3)5-7-15/h4-7,13,17-19H,8-12H2,1-3H3. The Hall–Kier alpha value is -1.30. The van der Waals surface area contributed by atoms with Crippen molar-refractivity contribution in [2.24, 2.45) is 5.41 Å². The molecule has 0 aliphatic carbocycles. The molecule has 21 heavy (non-hydrogen) atoms. The minimum absolute atomic E-state index is 0.0192. The van der Waals surface area contributed by atoms with Crippen molar-refractivity contribution in [3.8, 4) is 11.5 Å². The Morgan fingerprint density at radius 2 is 1.81 bits per heavy atom. The number of benzene rings is 1. The van der Waals surface area contributed by atoms with Gasteiger partial charge in [-0.3, -0.25) is 0 Å². The number of hydrogen-bond acceptors (Lipinski definition) is 5.